The molecule has 2 aromatic rings. The first kappa shape index (κ1) is 19.1. The van der Waals surface area contributed by atoms with Gasteiger partial charge in [-0.25, -0.2) is 0 Å². The number of nitrogens with one attached hydrogen (secondary N) is 2. The summed E-state index contributed by atoms with van der Waals surface area (Å²) in [7, 11) is 0. The smallest absolute Gasteiger partial charge is 0.251 e. The minimum absolute atomic E-state index is 0.000341. The van der Waals surface area contributed by atoms with Crippen LogP contribution < -0.4 is 10.6 Å². The van der Waals surface area contributed by atoms with Gasteiger partial charge in [-0.15, -0.1) is 11.3 Å². The van der Waals surface area contributed by atoms with E-state index >= 15 is 0 Å². The van der Waals surface area contributed by atoms with Crippen LogP contribution in [-0.4, -0.2) is 24.4 Å². The van der Waals surface area contributed by atoms with Gasteiger partial charge in [0.05, 0.1) is 12.0 Å². The van der Waals surface area contributed by atoms with Crippen molar-refractivity contribution in [3.63, 3.8) is 0 Å². The van der Waals surface area contributed by atoms with Gasteiger partial charge in [0, 0.05) is 21.4 Å². The molecule has 2 amide bonds. The van der Waals surface area contributed by atoms with Crippen LogP contribution in [0.15, 0.2) is 36.4 Å². The quantitative estimate of drug-likeness (QED) is 0.776. The summed E-state index contributed by atoms with van der Waals surface area (Å²) in [5.74, 6) is -0.580. The number of carbonyl (C=O) groups excluding carboxylic acids is 2. The van der Waals surface area contributed by atoms with Crippen LogP contribution in [-0.2, 0) is 4.79 Å². The van der Waals surface area contributed by atoms with Gasteiger partial charge >= 0.3 is 0 Å². The topological polar surface area (TPSA) is 82.0 Å². The molecule has 1 aromatic heterocycles. The summed E-state index contributed by atoms with van der Waals surface area (Å²) >= 11 is 1.73. The van der Waals surface area contributed by atoms with Crippen LogP contribution in [0.2, 0.25) is 0 Å². The van der Waals surface area contributed by atoms with Crippen LogP contribution >= 0.6 is 11.3 Å². The number of benzene rings is 1. The average molecular weight is 382 g/mol. The van der Waals surface area contributed by atoms with E-state index in [2.05, 4.69) is 29.7 Å². The summed E-state index contributed by atoms with van der Waals surface area (Å²) in [6.45, 7) is 2.07. The van der Waals surface area contributed by atoms with Gasteiger partial charge in [-0.05, 0) is 49.6 Å². The number of nitrogens with zero attached hydrogens (tertiary/aromatic N) is 1. The number of carbonyl (C=O) groups is 2. The van der Waals surface area contributed by atoms with Gasteiger partial charge in [-0.1, -0.05) is 25.0 Å². The molecule has 0 saturated heterocycles. The average Bonchev–Trinajstić information content (AvgIpc) is 3.13. The van der Waals surface area contributed by atoms with Crippen LogP contribution in [0.25, 0.3) is 10.4 Å². The molecule has 0 bridgehead atoms. The predicted octanol–water partition coefficient (Wildman–Crippen LogP) is 3.65. The Labute approximate surface area is 163 Å². The van der Waals surface area contributed by atoms with Gasteiger partial charge in [-0.3, -0.25) is 9.59 Å². The number of hydrogen-bond acceptors (Lipinski definition) is 4. The summed E-state index contributed by atoms with van der Waals surface area (Å²) in [5, 5.41) is 14.3. The maximum atomic E-state index is 12.7. The summed E-state index contributed by atoms with van der Waals surface area (Å²) < 4.78 is 0. The number of thiophene rings is 1. The SMILES string of the molecule is Cc1ccc(-c2ccc(C(=O)N[C@H]3CCCC[C@H]3C(=O)NCC#N)cc2)s1. The molecular formula is C21H23N3O2S. The Balaban J connectivity index is 1.66. The highest BCUT2D eigenvalue weighted by molar-refractivity contribution is 7.15. The highest BCUT2D eigenvalue weighted by Gasteiger charge is 2.32. The van der Waals surface area contributed by atoms with Crippen molar-refractivity contribution < 1.29 is 9.59 Å². The van der Waals surface area contributed by atoms with Crippen molar-refractivity contribution in [1.82, 2.24) is 10.6 Å². The third-order valence-electron chi connectivity index (χ3n) is 4.93. The Hall–Kier alpha value is -2.65. The highest BCUT2D eigenvalue weighted by Crippen LogP contribution is 2.28. The Morgan fingerprint density at radius 2 is 1.89 bits per heavy atom. The Morgan fingerprint density at radius 1 is 1.15 bits per heavy atom. The number of nitriles is 1. The molecule has 27 heavy (non-hydrogen) atoms. The van der Waals surface area contributed by atoms with E-state index in [-0.39, 0.29) is 30.3 Å². The molecular weight excluding hydrogens is 358 g/mol. The molecule has 5 nitrogen and oxygen atoms in total. The Kier molecular flexibility index (Phi) is 6.25. The molecule has 1 aromatic carbocycles. The lowest BCUT2D eigenvalue weighted by Crippen LogP contribution is -2.48. The standard InChI is InChI=1S/C21H23N3O2S/c1-14-6-11-19(27-14)15-7-9-16(10-8-15)20(25)24-18-5-3-2-4-17(18)21(26)23-13-12-22/h6-11,17-18H,2-5,13H2,1H3,(H,23,26)(H,24,25)/t17-,18+/m1/s1. The molecule has 1 heterocycles. The van der Waals surface area contributed by atoms with Crippen LogP contribution in [0.3, 0.4) is 0 Å². The zero-order valence-electron chi connectivity index (χ0n) is 15.3. The van der Waals surface area contributed by atoms with Gasteiger partial charge in [0.25, 0.3) is 5.91 Å². The number of rotatable bonds is 5. The zero-order chi connectivity index (χ0) is 19.2. The maximum Gasteiger partial charge on any atom is 0.251 e. The van der Waals surface area contributed by atoms with Gasteiger partial charge in [0.2, 0.25) is 5.91 Å². The number of amides is 2. The zero-order valence-corrected chi connectivity index (χ0v) is 16.1. The minimum atomic E-state index is -0.274. The van der Waals surface area contributed by atoms with Gasteiger partial charge in [0.1, 0.15) is 6.54 Å². The molecule has 6 heteroatoms. The lowest BCUT2D eigenvalue weighted by atomic mass is 9.83. The number of hydrogen-bond donors (Lipinski definition) is 2. The van der Waals surface area contributed by atoms with E-state index in [4.69, 9.17) is 5.26 Å². The van der Waals surface area contributed by atoms with Gasteiger partial charge in [0.15, 0.2) is 0 Å². The normalized spacial score (nSPS) is 19.1. The van der Waals surface area contributed by atoms with E-state index in [1.54, 1.807) is 11.3 Å². The van der Waals surface area contributed by atoms with E-state index in [1.807, 2.05) is 30.3 Å². The first-order valence-corrected chi connectivity index (χ1v) is 10.0. The summed E-state index contributed by atoms with van der Waals surface area (Å²) in [6.07, 6.45) is 3.47. The van der Waals surface area contributed by atoms with Crippen LogP contribution in [0.4, 0.5) is 0 Å². The second-order valence-electron chi connectivity index (χ2n) is 6.83. The molecule has 1 saturated carbocycles. The molecule has 1 aliphatic rings. The molecule has 1 aliphatic carbocycles. The van der Waals surface area contributed by atoms with E-state index in [0.29, 0.717) is 5.56 Å². The van der Waals surface area contributed by atoms with E-state index in [0.717, 1.165) is 31.2 Å². The van der Waals surface area contributed by atoms with Crippen LogP contribution in [0.1, 0.15) is 40.9 Å². The molecule has 2 atom stereocenters. The molecule has 0 spiro atoms. The molecule has 3 rings (SSSR count). The monoisotopic (exact) mass is 381 g/mol. The minimum Gasteiger partial charge on any atom is -0.349 e. The number of aryl methyl sites for hydroxylation is 1. The molecule has 0 radical (unpaired) electrons. The second-order valence-corrected chi connectivity index (χ2v) is 8.12. The first-order valence-electron chi connectivity index (χ1n) is 9.21. The van der Waals surface area contributed by atoms with Gasteiger partial charge < -0.3 is 10.6 Å². The van der Waals surface area contributed by atoms with Crippen molar-refractivity contribution in [3.05, 3.63) is 46.8 Å². The Morgan fingerprint density at radius 3 is 2.56 bits per heavy atom. The maximum absolute atomic E-state index is 12.7. The molecule has 140 valence electrons. The first-order chi connectivity index (χ1) is 13.1. The summed E-state index contributed by atoms with van der Waals surface area (Å²) in [4.78, 5) is 27.4. The molecule has 0 unspecified atom stereocenters. The Bertz CT molecular complexity index is 851. The van der Waals surface area contributed by atoms with Crippen molar-refractivity contribution in [2.75, 3.05) is 6.54 Å². The van der Waals surface area contributed by atoms with Crippen molar-refractivity contribution in [2.24, 2.45) is 5.92 Å². The summed E-state index contributed by atoms with van der Waals surface area (Å²) in [6, 6.07) is 13.5. The lowest BCUT2D eigenvalue weighted by Gasteiger charge is -2.31. The fourth-order valence-electron chi connectivity index (χ4n) is 3.50. The fraction of sp³-hybridized carbons (Fsp3) is 0.381. The van der Waals surface area contributed by atoms with Crippen molar-refractivity contribution in [2.45, 2.75) is 38.6 Å². The highest BCUT2D eigenvalue weighted by atomic mass is 32.1. The largest absolute Gasteiger partial charge is 0.349 e. The second kappa shape index (κ2) is 8.83. The van der Waals surface area contributed by atoms with Crippen LogP contribution in [0.5, 0.6) is 0 Å². The molecule has 0 aliphatic heterocycles. The fourth-order valence-corrected chi connectivity index (χ4v) is 4.38. The third-order valence-corrected chi connectivity index (χ3v) is 5.98. The van der Waals surface area contributed by atoms with E-state index in [1.165, 1.54) is 9.75 Å². The molecule has 1 fully saturated rings. The van der Waals surface area contributed by atoms with Crippen molar-refractivity contribution in [1.29, 1.82) is 5.26 Å². The van der Waals surface area contributed by atoms with Crippen LogP contribution in [0, 0.1) is 24.2 Å². The lowest BCUT2D eigenvalue weighted by molar-refractivity contribution is -0.126. The van der Waals surface area contributed by atoms with Crippen molar-refractivity contribution >= 4 is 23.2 Å². The summed E-state index contributed by atoms with van der Waals surface area (Å²) in [5.41, 5.74) is 1.69. The molecule has 2 N–H and O–H groups in total. The van der Waals surface area contributed by atoms with Crippen molar-refractivity contribution in [3.8, 4) is 16.5 Å². The predicted molar refractivity (Wildman–Crippen MR) is 106 cm³/mol. The third kappa shape index (κ3) is 4.75. The van der Waals surface area contributed by atoms with E-state index in [9.17, 15) is 9.59 Å². The van der Waals surface area contributed by atoms with E-state index < -0.39 is 0 Å². The van der Waals surface area contributed by atoms with Gasteiger partial charge in [-0.2, -0.15) is 5.26 Å².